The molecule has 0 amide bonds. The van der Waals surface area contributed by atoms with Gasteiger partial charge in [-0.15, -0.1) is 0 Å². The molecule has 0 radical (unpaired) electrons. The number of rotatable bonds is 1. The Labute approximate surface area is 84.3 Å². The third kappa shape index (κ3) is 1.70. The van der Waals surface area contributed by atoms with Crippen LogP contribution in [0.4, 0.5) is 5.69 Å². The average Bonchev–Trinajstić information content (AvgIpc) is 2.04. The quantitative estimate of drug-likeness (QED) is 0.602. The first-order valence-electron chi connectivity index (χ1n) is 3.57. The number of benzene rings is 1. The summed E-state index contributed by atoms with van der Waals surface area (Å²) in [5.41, 5.74) is 6.70. The van der Waals surface area contributed by atoms with Crippen molar-refractivity contribution in [2.75, 3.05) is 5.73 Å². The first-order chi connectivity index (χ1) is 6.07. The number of carbonyl (C=O) groups excluding carboxylic acids is 1. The zero-order chi connectivity index (χ0) is 10.0. The van der Waals surface area contributed by atoms with Crippen molar-refractivity contribution in [1.82, 2.24) is 0 Å². The van der Waals surface area contributed by atoms with Crippen molar-refractivity contribution >= 4 is 27.4 Å². The van der Waals surface area contributed by atoms with Gasteiger partial charge in [0.2, 0.25) is 0 Å². The van der Waals surface area contributed by atoms with Gasteiger partial charge in [-0.25, -0.2) is 0 Å². The van der Waals surface area contributed by atoms with Crippen molar-refractivity contribution in [2.45, 2.75) is 6.92 Å². The lowest BCUT2D eigenvalue weighted by atomic mass is 10.1. The molecule has 0 aliphatic rings. The van der Waals surface area contributed by atoms with E-state index in [2.05, 4.69) is 15.9 Å². The second-order valence-corrected chi connectivity index (χ2v) is 3.35. The molecule has 0 aliphatic heterocycles. The molecule has 66 valence electrons. The van der Waals surface area contributed by atoms with E-state index < -0.39 is 0 Å². The third-order valence-corrected chi connectivity index (χ3v) is 2.49. The molecular formula is C9H7BrN2O. The molecule has 1 rings (SSSR count). The number of hydrogen-bond acceptors (Lipinski definition) is 3. The molecule has 0 spiro atoms. The van der Waals surface area contributed by atoms with Gasteiger partial charge in [0.15, 0.2) is 5.78 Å². The van der Waals surface area contributed by atoms with E-state index in [0.717, 1.165) is 0 Å². The van der Waals surface area contributed by atoms with Crippen LogP contribution < -0.4 is 5.73 Å². The van der Waals surface area contributed by atoms with Crippen molar-refractivity contribution in [3.8, 4) is 6.07 Å². The number of nitrogens with two attached hydrogens (primary N) is 1. The molecule has 0 saturated heterocycles. The highest BCUT2D eigenvalue weighted by Gasteiger charge is 2.11. The molecule has 0 aromatic heterocycles. The highest BCUT2D eigenvalue weighted by atomic mass is 79.9. The molecule has 0 aliphatic carbocycles. The third-order valence-electron chi connectivity index (χ3n) is 1.67. The van der Waals surface area contributed by atoms with Gasteiger partial charge in [0, 0.05) is 10.0 Å². The van der Waals surface area contributed by atoms with Gasteiger partial charge in [-0.1, -0.05) is 0 Å². The van der Waals surface area contributed by atoms with E-state index in [9.17, 15) is 4.79 Å². The summed E-state index contributed by atoms with van der Waals surface area (Å²) >= 11 is 3.17. The maximum Gasteiger partial charge on any atom is 0.160 e. The van der Waals surface area contributed by atoms with E-state index in [1.807, 2.05) is 6.07 Å². The number of hydrogen-bond donors (Lipinski definition) is 1. The maximum absolute atomic E-state index is 11.1. The number of carbonyl (C=O) groups is 1. The van der Waals surface area contributed by atoms with Gasteiger partial charge in [-0.05, 0) is 35.0 Å². The summed E-state index contributed by atoms with van der Waals surface area (Å²) in [4.78, 5) is 11.1. The number of anilines is 1. The molecule has 1 aromatic rings. The van der Waals surface area contributed by atoms with Crippen molar-refractivity contribution in [3.05, 3.63) is 27.7 Å². The molecular weight excluding hydrogens is 232 g/mol. The summed E-state index contributed by atoms with van der Waals surface area (Å²) in [5, 5.41) is 8.73. The molecule has 0 saturated carbocycles. The van der Waals surface area contributed by atoms with Crippen molar-refractivity contribution in [1.29, 1.82) is 5.26 Å². The second kappa shape index (κ2) is 3.58. The Balaban J connectivity index is 3.47. The summed E-state index contributed by atoms with van der Waals surface area (Å²) in [6, 6.07) is 5.09. The fourth-order valence-corrected chi connectivity index (χ4v) is 1.71. The van der Waals surface area contributed by atoms with Crippen LogP contribution in [-0.4, -0.2) is 5.78 Å². The molecule has 3 nitrogen and oxygen atoms in total. The van der Waals surface area contributed by atoms with E-state index in [-0.39, 0.29) is 5.78 Å². The lowest BCUT2D eigenvalue weighted by Crippen LogP contribution is -1.99. The lowest BCUT2D eigenvalue weighted by Gasteiger charge is -2.04. The topological polar surface area (TPSA) is 66.9 Å². The van der Waals surface area contributed by atoms with E-state index in [0.29, 0.717) is 21.3 Å². The average molecular weight is 239 g/mol. The van der Waals surface area contributed by atoms with Gasteiger partial charge >= 0.3 is 0 Å². The van der Waals surface area contributed by atoms with Crippen molar-refractivity contribution in [2.24, 2.45) is 0 Å². The Morgan fingerprint density at radius 3 is 2.69 bits per heavy atom. The number of halogens is 1. The maximum atomic E-state index is 11.1. The van der Waals surface area contributed by atoms with Crippen LogP contribution in [0.2, 0.25) is 0 Å². The summed E-state index contributed by atoms with van der Waals surface area (Å²) < 4.78 is 0.475. The van der Waals surface area contributed by atoms with Gasteiger partial charge < -0.3 is 5.73 Å². The van der Waals surface area contributed by atoms with Crippen LogP contribution >= 0.6 is 15.9 Å². The standard InChI is InChI=1S/C9H7BrN2O/c1-5(13)6-2-3-8(12)7(4-11)9(6)10/h2-3H,12H2,1H3. The van der Waals surface area contributed by atoms with Gasteiger partial charge in [0.1, 0.15) is 6.07 Å². The Kier molecular flexibility index (Phi) is 2.69. The minimum Gasteiger partial charge on any atom is -0.398 e. The summed E-state index contributed by atoms with van der Waals surface area (Å²) in [7, 11) is 0. The van der Waals surface area contributed by atoms with Crippen LogP contribution in [-0.2, 0) is 0 Å². The van der Waals surface area contributed by atoms with Gasteiger partial charge in [0.05, 0.1) is 11.3 Å². The minimum atomic E-state index is -0.0941. The van der Waals surface area contributed by atoms with Crippen LogP contribution in [0.25, 0.3) is 0 Å². The minimum absolute atomic E-state index is 0.0941. The number of nitrogens with zero attached hydrogens (tertiary/aromatic N) is 1. The molecule has 2 N–H and O–H groups in total. The Morgan fingerprint density at radius 2 is 2.23 bits per heavy atom. The first kappa shape index (κ1) is 9.75. The lowest BCUT2D eigenvalue weighted by molar-refractivity contribution is 0.101. The van der Waals surface area contributed by atoms with Crippen LogP contribution in [0.5, 0.6) is 0 Å². The molecule has 0 heterocycles. The zero-order valence-corrected chi connectivity index (χ0v) is 8.55. The van der Waals surface area contributed by atoms with E-state index in [1.165, 1.54) is 6.92 Å². The summed E-state index contributed by atoms with van der Waals surface area (Å²) in [5.74, 6) is -0.0941. The van der Waals surface area contributed by atoms with Crippen LogP contribution in [0.1, 0.15) is 22.8 Å². The van der Waals surface area contributed by atoms with E-state index in [4.69, 9.17) is 11.0 Å². The Morgan fingerprint density at radius 1 is 1.62 bits per heavy atom. The van der Waals surface area contributed by atoms with Crippen molar-refractivity contribution < 1.29 is 4.79 Å². The molecule has 0 fully saturated rings. The number of Topliss-reactive ketones (excluding diaryl/α,β-unsaturated/α-hetero) is 1. The molecule has 13 heavy (non-hydrogen) atoms. The van der Waals surface area contributed by atoms with Crippen molar-refractivity contribution in [3.63, 3.8) is 0 Å². The predicted octanol–water partition coefficient (Wildman–Crippen LogP) is 2.11. The smallest absolute Gasteiger partial charge is 0.160 e. The highest BCUT2D eigenvalue weighted by Crippen LogP contribution is 2.26. The van der Waals surface area contributed by atoms with Crippen LogP contribution in [0.3, 0.4) is 0 Å². The van der Waals surface area contributed by atoms with Gasteiger partial charge in [0.25, 0.3) is 0 Å². The molecule has 0 unspecified atom stereocenters. The monoisotopic (exact) mass is 238 g/mol. The Hall–Kier alpha value is -1.34. The molecule has 0 atom stereocenters. The number of nitriles is 1. The number of nitrogen functional groups attached to an aromatic ring is 1. The second-order valence-electron chi connectivity index (χ2n) is 2.56. The highest BCUT2D eigenvalue weighted by molar-refractivity contribution is 9.10. The summed E-state index contributed by atoms with van der Waals surface area (Å²) in [6.45, 7) is 1.44. The first-order valence-corrected chi connectivity index (χ1v) is 4.36. The molecule has 1 aromatic carbocycles. The van der Waals surface area contributed by atoms with Crippen LogP contribution in [0.15, 0.2) is 16.6 Å². The predicted molar refractivity (Wildman–Crippen MR) is 53.3 cm³/mol. The number of ketones is 1. The van der Waals surface area contributed by atoms with Gasteiger partial charge in [-0.3, -0.25) is 4.79 Å². The van der Waals surface area contributed by atoms with Gasteiger partial charge in [-0.2, -0.15) is 5.26 Å². The fraction of sp³-hybridized carbons (Fsp3) is 0.111. The van der Waals surface area contributed by atoms with E-state index >= 15 is 0 Å². The van der Waals surface area contributed by atoms with E-state index in [1.54, 1.807) is 12.1 Å². The Bertz CT molecular complexity index is 407. The normalized spacial score (nSPS) is 9.31. The summed E-state index contributed by atoms with van der Waals surface area (Å²) in [6.07, 6.45) is 0. The SMILES string of the molecule is CC(=O)c1ccc(N)c(C#N)c1Br. The zero-order valence-electron chi connectivity index (χ0n) is 6.97. The fourth-order valence-electron chi connectivity index (χ4n) is 0.977. The molecule has 0 bridgehead atoms. The van der Waals surface area contributed by atoms with Crippen LogP contribution in [0, 0.1) is 11.3 Å². The largest absolute Gasteiger partial charge is 0.398 e. The molecule has 4 heteroatoms.